The van der Waals surface area contributed by atoms with E-state index in [2.05, 4.69) is 9.88 Å². The number of hydrogen-bond donors (Lipinski definition) is 1. The largest absolute Gasteiger partial charge is 0.376 e. The van der Waals surface area contributed by atoms with Crippen molar-refractivity contribution in [3.8, 4) is 0 Å². The minimum absolute atomic E-state index is 0.186. The van der Waals surface area contributed by atoms with E-state index in [0.29, 0.717) is 18.4 Å². The lowest BCUT2D eigenvalue weighted by atomic mass is 9.98. The first-order chi connectivity index (χ1) is 12.9. The SMILES string of the molecule is Cc1cc(C(=O)CN2C(=O)NC3(CCCC3)C2=O)c(C)n1C[C@@H]1CCCO1. The number of ketones is 1. The summed E-state index contributed by atoms with van der Waals surface area (Å²) in [5.41, 5.74) is 1.68. The van der Waals surface area contributed by atoms with Gasteiger partial charge in [0, 0.05) is 30.1 Å². The molecule has 1 spiro atoms. The molecule has 3 fully saturated rings. The minimum atomic E-state index is -0.770. The van der Waals surface area contributed by atoms with Crippen LogP contribution < -0.4 is 5.32 Å². The van der Waals surface area contributed by atoms with Crippen LogP contribution in [0.2, 0.25) is 0 Å². The molecule has 7 nitrogen and oxygen atoms in total. The van der Waals surface area contributed by atoms with Crippen LogP contribution in [0.3, 0.4) is 0 Å². The van der Waals surface area contributed by atoms with E-state index in [-0.39, 0.29) is 24.3 Å². The molecule has 0 bridgehead atoms. The first kappa shape index (κ1) is 18.2. The van der Waals surface area contributed by atoms with E-state index in [1.807, 2.05) is 19.9 Å². The zero-order valence-corrected chi connectivity index (χ0v) is 16.0. The van der Waals surface area contributed by atoms with Crippen molar-refractivity contribution < 1.29 is 19.1 Å². The van der Waals surface area contributed by atoms with E-state index in [0.717, 1.165) is 55.1 Å². The van der Waals surface area contributed by atoms with Crippen molar-refractivity contribution >= 4 is 17.7 Å². The monoisotopic (exact) mass is 373 g/mol. The Balaban J connectivity index is 1.50. The molecule has 146 valence electrons. The Hall–Kier alpha value is -2.15. The highest BCUT2D eigenvalue weighted by molar-refractivity contribution is 6.11. The van der Waals surface area contributed by atoms with Gasteiger partial charge in [0.15, 0.2) is 5.78 Å². The molecule has 2 saturated heterocycles. The Morgan fingerprint density at radius 1 is 1.26 bits per heavy atom. The first-order valence-electron chi connectivity index (χ1n) is 9.87. The van der Waals surface area contributed by atoms with Gasteiger partial charge in [0.1, 0.15) is 5.54 Å². The number of nitrogens with one attached hydrogen (secondary N) is 1. The fourth-order valence-corrected chi connectivity index (χ4v) is 4.72. The fraction of sp³-hybridized carbons (Fsp3) is 0.650. The quantitative estimate of drug-likeness (QED) is 0.634. The van der Waals surface area contributed by atoms with E-state index in [1.54, 1.807) is 0 Å². The molecule has 27 heavy (non-hydrogen) atoms. The number of hydrogen-bond acceptors (Lipinski definition) is 4. The summed E-state index contributed by atoms with van der Waals surface area (Å²) in [7, 11) is 0. The molecule has 3 aliphatic rings. The lowest BCUT2D eigenvalue weighted by Crippen LogP contribution is -2.44. The molecule has 1 atom stereocenters. The van der Waals surface area contributed by atoms with Gasteiger partial charge < -0.3 is 14.6 Å². The van der Waals surface area contributed by atoms with E-state index in [1.165, 1.54) is 0 Å². The molecule has 7 heteroatoms. The maximum atomic E-state index is 12.9. The molecule has 3 heterocycles. The number of carbonyl (C=O) groups is 3. The number of imide groups is 1. The van der Waals surface area contributed by atoms with Gasteiger partial charge in [0.25, 0.3) is 5.91 Å². The Morgan fingerprint density at radius 2 is 2.00 bits per heavy atom. The van der Waals surface area contributed by atoms with Crippen molar-refractivity contribution in [3.05, 3.63) is 23.0 Å². The molecule has 2 aliphatic heterocycles. The molecule has 3 amide bonds. The van der Waals surface area contributed by atoms with Crippen LogP contribution >= 0.6 is 0 Å². The zero-order valence-electron chi connectivity index (χ0n) is 16.0. The van der Waals surface area contributed by atoms with Crippen LogP contribution in [0.15, 0.2) is 6.07 Å². The van der Waals surface area contributed by atoms with Crippen molar-refractivity contribution in [2.45, 2.75) is 70.6 Å². The molecule has 4 rings (SSSR count). The van der Waals surface area contributed by atoms with Gasteiger partial charge in [-0.3, -0.25) is 14.5 Å². The van der Waals surface area contributed by atoms with Crippen LogP contribution in [0.1, 0.15) is 60.3 Å². The van der Waals surface area contributed by atoms with Crippen LogP contribution in [-0.4, -0.2) is 52.0 Å². The summed E-state index contributed by atoms with van der Waals surface area (Å²) in [5, 5.41) is 2.83. The van der Waals surface area contributed by atoms with Gasteiger partial charge in [-0.15, -0.1) is 0 Å². The molecule has 1 saturated carbocycles. The number of ether oxygens (including phenoxy) is 1. The summed E-state index contributed by atoms with van der Waals surface area (Å²) < 4.78 is 7.82. The Kier molecular flexibility index (Phi) is 4.58. The topological polar surface area (TPSA) is 80.6 Å². The van der Waals surface area contributed by atoms with Crippen molar-refractivity contribution in [1.29, 1.82) is 0 Å². The third-order valence-corrected chi connectivity index (χ3v) is 6.29. The average molecular weight is 373 g/mol. The molecular formula is C20H27N3O4. The normalized spacial score (nSPS) is 24.2. The molecule has 0 unspecified atom stereocenters. The average Bonchev–Trinajstić information content (AvgIpc) is 3.40. The molecular weight excluding hydrogens is 346 g/mol. The van der Waals surface area contributed by atoms with Gasteiger partial charge in [-0.25, -0.2) is 4.79 Å². The van der Waals surface area contributed by atoms with E-state index in [4.69, 9.17) is 4.74 Å². The summed E-state index contributed by atoms with van der Waals surface area (Å²) in [6.07, 6.45) is 5.48. The van der Waals surface area contributed by atoms with E-state index in [9.17, 15) is 14.4 Å². The van der Waals surface area contributed by atoms with Gasteiger partial charge in [-0.05, 0) is 45.6 Å². The Bertz CT molecular complexity index is 785. The smallest absolute Gasteiger partial charge is 0.325 e. The molecule has 0 aromatic carbocycles. The van der Waals surface area contributed by atoms with Gasteiger partial charge in [-0.2, -0.15) is 0 Å². The fourth-order valence-electron chi connectivity index (χ4n) is 4.72. The molecule has 0 radical (unpaired) electrons. The third kappa shape index (κ3) is 3.08. The standard InChI is InChI=1S/C20H27N3O4/c1-13-10-16(14(2)22(13)11-15-6-5-9-27-15)17(24)12-23-18(25)20(21-19(23)26)7-3-4-8-20/h10,15H,3-9,11-12H2,1-2H3,(H,21,26)/t15-/m0/s1. The van der Waals surface area contributed by atoms with E-state index >= 15 is 0 Å². The minimum Gasteiger partial charge on any atom is -0.376 e. The number of aryl methyl sites for hydroxylation is 1. The molecule has 1 aromatic rings. The predicted molar refractivity (Wildman–Crippen MR) is 98.7 cm³/mol. The predicted octanol–water partition coefficient (Wildman–Crippen LogP) is 2.33. The zero-order chi connectivity index (χ0) is 19.2. The lowest BCUT2D eigenvalue weighted by Gasteiger charge is -2.19. The Morgan fingerprint density at radius 3 is 2.67 bits per heavy atom. The maximum absolute atomic E-state index is 12.9. The Labute approximate surface area is 159 Å². The van der Waals surface area contributed by atoms with Crippen molar-refractivity contribution in [2.24, 2.45) is 0 Å². The molecule has 1 N–H and O–H groups in total. The highest BCUT2D eigenvalue weighted by Crippen LogP contribution is 2.35. The second-order valence-corrected chi connectivity index (χ2v) is 8.06. The number of nitrogens with zero attached hydrogens (tertiary/aromatic N) is 2. The van der Waals surface area contributed by atoms with Gasteiger partial charge >= 0.3 is 6.03 Å². The van der Waals surface area contributed by atoms with Crippen molar-refractivity contribution in [3.63, 3.8) is 0 Å². The number of rotatable bonds is 5. The van der Waals surface area contributed by atoms with Gasteiger partial charge in [0.05, 0.1) is 12.6 Å². The van der Waals surface area contributed by atoms with Crippen molar-refractivity contribution in [1.82, 2.24) is 14.8 Å². The number of aromatic nitrogens is 1. The number of urea groups is 1. The number of amides is 3. The lowest BCUT2D eigenvalue weighted by molar-refractivity contribution is -0.130. The van der Waals surface area contributed by atoms with Crippen molar-refractivity contribution in [2.75, 3.05) is 13.2 Å². The summed E-state index contributed by atoms with van der Waals surface area (Å²) in [4.78, 5) is 39.1. The second-order valence-electron chi connectivity index (χ2n) is 8.06. The van der Waals surface area contributed by atoms with Crippen LogP contribution in [0.4, 0.5) is 4.79 Å². The molecule has 1 aliphatic carbocycles. The maximum Gasteiger partial charge on any atom is 0.325 e. The summed E-state index contributed by atoms with van der Waals surface area (Å²) in [6.45, 7) is 5.22. The van der Waals surface area contributed by atoms with Gasteiger partial charge in [-0.1, -0.05) is 12.8 Å². The van der Waals surface area contributed by atoms with E-state index < -0.39 is 11.6 Å². The summed E-state index contributed by atoms with van der Waals surface area (Å²) in [5.74, 6) is -0.438. The second kappa shape index (κ2) is 6.78. The third-order valence-electron chi connectivity index (χ3n) is 6.29. The number of Topliss-reactive ketones (excluding diaryl/α,β-unsaturated/α-hetero) is 1. The van der Waals surface area contributed by atoms with Crippen LogP contribution in [0.25, 0.3) is 0 Å². The number of carbonyl (C=O) groups excluding carboxylic acids is 3. The van der Waals surface area contributed by atoms with Crippen LogP contribution in [0, 0.1) is 13.8 Å². The van der Waals surface area contributed by atoms with Gasteiger partial charge in [0.2, 0.25) is 0 Å². The van der Waals surface area contributed by atoms with Crippen LogP contribution in [-0.2, 0) is 16.1 Å². The molecule has 1 aromatic heterocycles. The highest BCUT2D eigenvalue weighted by Gasteiger charge is 2.52. The highest BCUT2D eigenvalue weighted by atomic mass is 16.5. The summed E-state index contributed by atoms with van der Waals surface area (Å²) >= 11 is 0. The summed E-state index contributed by atoms with van der Waals surface area (Å²) in [6, 6.07) is 1.42. The van der Waals surface area contributed by atoms with Crippen LogP contribution in [0.5, 0.6) is 0 Å². The first-order valence-corrected chi connectivity index (χ1v) is 9.87.